The van der Waals surface area contributed by atoms with Gasteiger partial charge in [-0.15, -0.1) is 0 Å². The molecule has 0 fully saturated rings. The molecule has 1 amide bonds. The van der Waals surface area contributed by atoms with Crippen molar-refractivity contribution in [3.8, 4) is 0 Å². The lowest BCUT2D eigenvalue weighted by molar-refractivity contribution is -0.121. The summed E-state index contributed by atoms with van der Waals surface area (Å²) in [5.74, 6) is 0.0839. The third-order valence-corrected chi connectivity index (χ3v) is 2.71. The molecular formula is C15H25NO. The van der Waals surface area contributed by atoms with Crippen LogP contribution in [0.4, 0.5) is 0 Å². The molecule has 2 heteroatoms. The molecule has 0 unspecified atom stereocenters. The Kier molecular flexibility index (Phi) is 6.55. The molecule has 0 aliphatic carbocycles. The number of rotatable bonds is 3. The summed E-state index contributed by atoms with van der Waals surface area (Å²) in [5.41, 5.74) is 2.35. The van der Waals surface area contributed by atoms with Gasteiger partial charge >= 0.3 is 0 Å². The molecule has 0 saturated heterocycles. The van der Waals surface area contributed by atoms with Gasteiger partial charge in [0.25, 0.3) is 0 Å². The number of carbonyl (C=O) groups is 1. The molecule has 96 valence electrons. The molecule has 0 radical (unpaired) electrons. The van der Waals surface area contributed by atoms with Crippen LogP contribution >= 0.6 is 0 Å². The van der Waals surface area contributed by atoms with Crippen molar-refractivity contribution in [2.24, 2.45) is 0 Å². The van der Waals surface area contributed by atoms with Crippen LogP contribution in [0, 0.1) is 6.92 Å². The average Bonchev–Trinajstić information content (AvgIpc) is 2.31. The zero-order chi connectivity index (χ0) is 13.5. The second kappa shape index (κ2) is 7.10. The van der Waals surface area contributed by atoms with Crippen molar-refractivity contribution in [2.75, 3.05) is 7.05 Å². The lowest BCUT2D eigenvalue weighted by Crippen LogP contribution is -2.28. The van der Waals surface area contributed by atoms with Crippen molar-refractivity contribution in [1.29, 1.82) is 0 Å². The van der Waals surface area contributed by atoms with Crippen LogP contribution < -0.4 is 5.32 Å². The normalized spacial score (nSPS) is 10.2. The number of amides is 1. The van der Waals surface area contributed by atoms with E-state index in [-0.39, 0.29) is 11.3 Å². The fourth-order valence-corrected chi connectivity index (χ4v) is 1.60. The molecule has 0 saturated carbocycles. The van der Waals surface area contributed by atoms with Crippen molar-refractivity contribution in [2.45, 2.75) is 46.5 Å². The quantitative estimate of drug-likeness (QED) is 0.854. The Morgan fingerprint density at radius 3 is 2.06 bits per heavy atom. The minimum Gasteiger partial charge on any atom is -0.359 e. The standard InChI is InChI=1S/C13H19NO.C2H6/c1-10-5-7-11(8-6-10)13(2,3)9-12(15)14-4;1-2/h5-8H,9H2,1-4H3,(H,14,15);1-2H3. The highest BCUT2D eigenvalue weighted by molar-refractivity contribution is 5.77. The Morgan fingerprint density at radius 1 is 1.18 bits per heavy atom. The molecule has 0 aliphatic rings. The van der Waals surface area contributed by atoms with Gasteiger partial charge in [-0.25, -0.2) is 0 Å². The van der Waals surface area contributed by atoms with E-state index >= 15 is 0 Å². The highest BCUT2D eigenvalue weighted by Gasteiger charge is 2.23. The average molecular weight is 235 g/mol. The van der Waals surface area contributed by atoms with Crippen LogP contribution in [-0.4, -0.2) is 13.0 Å². The first kappa shape index (κ1) is 15.7. The Hall–Kier alpha value is -1.31. The summed E-state index contributed by atoms with van der Waals surface area (Å²) in [5, 5.41) is 2.66. The molecule has 0 heterocycles. The van der Waals surface area contributed by atoms with Gasteiger partial charge in [-0.2, -0.15) is 0 Å². The van der Waals surface area contributed by atoms with E-state index < -0.39 is 0 Å². The van der Waals surface area contributed by atoms with Gasteiger partial charge in [-0.3, -0.25) is 4.79 Å². The fraction of sp³-hybridized carbons (Fsp3) is 0.533. The molecule has 2 nitrogen and oxygen atoms in total. The van der Waals surface area contributed by atoms with Crippen LogP contribution in [0.5, 0.6) is 0 Å². The van der Waals surface area contributed by atoms with Gasteiger partial charge < -0.3 is 5.32 Å². The van der Waals surface area contributed by atoms with Gasteiger partial charge in [0.2, 0.25) is 5.91 Å². The molecule has 0 bridgehead atoms. The Labute approximate surface area is 105 Å². The summed E-state index contributed by atoms with van der Waals surface area (Å²) in [6.45, 7) is 10.2. The van der Waals surface area contributed by atoms with E-state index in [0.29, 0.717) is 6.42 Å². The third kappa shape index (κ3) is 5.03. The first-order valence-electron chi connectivity index (χ1n) is 6.23. The van der Waals surface area contributed by atoms with Gasteiger partial charge in [0, 0.05) is 13.5 Å². The number of aryl methyl sites for hydroxylation is 1. The summed E-state index contributed by atoms with van der Waals surface area (Å²) < 4.78 is 0. The monoisotopic (exact) mass is 235 g/mol. The van der Waals surface area contributed by atoms with E-state index in [1.807, 2.05) is 13.8 Å². The highest BCUT2D eigenvalue weighted by Crippen LogP contribution is 2.26. The number of benzene rings is 1. The lowest BCUT2D eigenvalue weighted by Gasteiger charge is -2.24. The third-order valence-electron chi connectivity index (χ3n) is 2.71. The summed E-state index contributed by atoms with van der Waals surface area (Å²) in [6, 6.07) is 8.36. The molecule has 0 spiro atoms. The molecule has 1 aromatic carbocycles. The lowest BCUT2D eigenvalue weighted by atomic mass is 9.81. The van der Waals surface area contributed by atoms with E-state index in [9.17, 15) is 4.79 Å². The maximum atomic E-state index is 11.4. The molecule has 0 aliphatic heterocycles. The van der Waals surface area contributed by atoms with Gasteiger partial charge in [-0.1, -0.05) is 57.5 Å². The van der Waals surface area contributed by atoms with Crippen molar-refractivity contribution in [3.63, 3.8) is 0 Å². The predicted molar refractivity (Wildman–Crippen MR) is 74.2 cm³/mol. The Bertz CT molecular complexity index is 338. The van der Waals surface area contributed by atoms with Crippen LogP contribution in [0.3, 0.4) is 0 Å². The largest absolute Gasteiger partial charge is 0.359 e. The Morgan fingerprint density at radius 2 is 1.65 bits per heavy atom. The maximum Gasteiger partial charge on any atom is 0.220 e. The zero-order valence-electron chi connectivity index (χ0n) is 11.9. The van der Waals surface area contributed by atoms with Crippen LogP contribution in [0.25, 0.3) is 0 Å². The summed E-state index contributed by atoms with van der Waals surface area (Å²) >= 11 is 0. The maximum absolute atomic E-state index is 11.4. The van der Waals surface area contributed by atoms with Crippen LogP contribution in [0.2, 0.25) is 0 Å². The molecular weight excluding hydrogens is 210 g/mol. The number of carbonyl (C=O) groups excluding carboxylic acids is 1. The van der Waals surface area contributed by atoms with Crippen LogP contribution in [-0.2, 0) is 10.2 Å². The summed E-state index contributed by atoms with van der Waals surface area (Å²) in [7, 11) is 1.67. The predicted octanol–water partition coefficient (Wildman–Crippen LogP) is 3.43. The molecule has 1 rings (SSSR count). The van der Waals surface area contributed by atoms with Gasteiger partial charge in [0.15, 0.2) is 0 Å². The van der Waals surface area contributed by atoms with Gasteiger partial charge in [0.1, 0.15) is 0 Å². The van der Waals surface area contributed by atoms with E-state index in [2.05, 4.69) is 50.4 Å². The van der Waals surface area contributed by atoms with Crippen molar-refractivity contribution < 1.29 is 4.79 Å². The highest BCUT2D eigenvalue weighted by atomic mass is 16.1. The number of hydrogen-bond acceptors (Lipinski definition) is 1. The van der Waals surface area contributed by atoms with E-state index in [0.717, 1.165) is 0 Å². The first-order chi connectivity index (χ1) is 7.95. The molecule has 0 aromatic heterocycles. The second-order valence-corrected chi connectivity index (χ2v) is 4.60. The van der Waals surface area contributed by atoms with Crippen LogP contribution in [0.15, 0.2) is 24.3 Å². The van der Waals surface area contributed by atoms with Gasteiger partial charge in [-0.05, 0) is 17.9 Å². The minimum atomic E-state index is -0.103. The molecule has 0 atom stereocenters. The molecule has 17 heavy (non-hydrogen) atoms. The van der Waals surface area contributed by atoms with E-state index in [1.165, 1.54) is 11.1 Å². The molecule has 1 aromatic rings. The summed E-state index contributed by atoms with van der Waals surface area (Å²) in [6.07, 6.45) is 0.520. The van der Waals surface area contributed by atoms with Crippen molar-refractivity contribution in [1.82, 2.24) is 5.32 Å². The SMILES string of the molecule is CC.CNC(=O)CC(C)(C)c1ccc(C)cc1. The van der Waals surface area contributed by atoms with Crippen molar-refractivity contribution in [3.05, 3.63) is 35.4 Å². The number of nitrogens with one attached hydrogen (secondary N) is 1. The first-order valence-corrected chi connectivity index (χ1v) is 6.23. The second-order valence-electron chi connectivity index (χ2n) is 4.60. The smallest absolute Gasteiger partial charge is 0.220 e. The van der Waals surface area contributed by atoms with Crippen LogP contribution in [0.1, 0.15) is 45.2 Å². The number of hydrogen-bond donors (Lipinski definition) is 1. The Balaban J connectivity index is 0.00000121. The van der Waals surface area contributed by atoms with E-state index in [4.69, 9.17) is 0 Å². The zero-order valence-corrected chi connectivity index (χ0v) is 11.9. The fourth-order valence-electron chi connectivity index (χ4n) is 1.60. The topological polar surface area (TPSA) is 29.1 Å². The van der Waals surface area contributed by atoms with Gasteiger partial charge in [0.05, 0.1) is 0 Å². The van der Waals surface area contributed by atoms with E-state index in [1.54, 1.807) is 7.05 Å². The minimum absolute atomic E-state index is 0.0839. The van der Waals surface area contributed by atoms with Crippen molar-refractivity contribution >= 4 is 5.91 Å². The molecule has 1 N–H and O–H groups in total. The summed E-state index contributed by atoms with van der Waals surface area (Å²) in [4.78, 5) is 11.4.